The van der Waals surface area contributed by atoms with Crippen LogP contribution in [0.15, 0.2) is 64.6 Å². The van der Waals surface area contributed by atoms with Crippen LogP contribution >= 0.6 is 11.8 Å². The number of aromatic nitrogens is 4. The van der Waals surface area contributed by atoms with Gasteiger partial charge in [0.1, 0.15) is 6.33 Å². The molecule has 0 bridgehead atoms. The predicted octanol–water partition coefficient (Wildman–Crippen LogP) is 5.22. The fourth-order valence-electron chi connectivity index (χ4n) is 4.31. The van der Waals surface area contributed by atoms with E-state index in [2.05, 4.69) is 51.0 Å². The Morgan fingerprint density at radius 1 is 0.968 bits per heavy atom. The van der Waals surface area contributed by atoms with Crippen LogP contribution in [0.25, 0.3) is 11.4 Å². The van der Waals surface area contributed by atoms with Crippen molar-refractivity contribution in [3.63, 3.8) is 0 Å². The molecule has 0 saturated carbocycles. The Kier molecular flexibility index (Phi) is 6.09. The first kappa shape index (κ1) is 20.3. The first-order valence-electron chi connectivity index (χ1n) is 11.0. The van der Waals surface area contributed by atoms with Gasteiger partial charge < -0.3 is 0 Å². The minimum absolute atomic E-state index is 0.722. The van der Waals surface area contributed by atoms with Gasteiger partial charge in [-0.15, -0.1) is 0 Å². The van der Waals surface area contributed by atoms with Gasteiger partial charge in [0.05, 0.1) is 11.3 Å². The van der Waals surface area contributed by atoms with Gasteiger partial charge in [0, 0.05) is 55.1 Å². The molecule has 2 aliphatic rings. The number of aryl methyl sites for hydroxylation is 1. The summed E-state index contributed by atoms with van der Waals surface area (Å²) in [6, 6.07) is 8.93. The summed E-state index contributed by atoms with van der Waals surface area (Å²) in [6.45, 7) is 5.17. The van der Waals surface area contributed by atoms with Crippen LogP contribution in [0, 0.1) is 6.92 Å². The first-order valence-corrected chi connectivity index (χ1v) is 11.8. The average molecular weight is 430 g/mol. The van der Waals surface area contributed by atoms with E-state index in [1.54, 1.807) is 22.9 Å². The smallest absolute Gasteiger partial charge is 0.162 e. The van der Waals surface area contributed by atoms with Crippen LogP contribution in [-0.2, 0) is 13.0 Å². The van der Waals surface area contributed by atoms with Crippen molar-refractivity contribution in [1.29, 1.82) is 0 Å². The Morgan fingerprint density at radius 2 is 1.77 bits per heavy atom. The standard InChI is InChI=1S/C25H27N5S/c1-18-6-8-22(9-7-18)31-24-5-3-2-4-19(24)15-30-11-10-23-21(16-30)14-28-25(29-23)20-12-26-17-27-13-20/h6-9,12-14,17H,2-5,10-11,15-16H2,1H3. The molecule has 1 aliphatic carbocycles. The Hall–Kier alpha value is -2.57. The number of benzene rings is 1. The molecule has 0 saturated heterocycles. The highest BCUT2D eigenvalue weighted by molar-refractivity contribution is 8.03. The molecular weight excluding hydrogens is 402 g/mol. The third kappa shape index (κ3) is 4.86. The van der Waals surface area contributed by atoms with E-state index in [-0.39, 0.29) is 0 Å². The van der Waals surface area contributed by atoms with E-state index in [1.807, 2.05) is 18.0 Å². The third-order valence-electron chi connectivity index (χ3n) is 6.03. The first-order chi connectivity index (χ1) is 15.2. The van der Waals surface area contributed by atoms with Gasteiger partial charge in [-0.05, 0) is 55.2 Å². The quantitative estimate of drug-likeness (QED) is 0.554. The fourth-order valence-corrected chi connectivity index (χ4v) is 5.43. The molecule has 5 rings (SSSR count). The van der Waals surface area contributed by atoms with Crippen LogP contribution in [0.4, 0.5) is 0 Å². The molecule has 1 aliphatic heterocycles. The summed E-state index contributed by atoms with van der Waals surface area (Å²) in [4.78, 5) is 23.1. The van der Waals surface area contributed by atoms with Crippen LogP contribution in [0.2, 0.25) is 0 Å². The number of nitrogens with zero attached hydrogens (tertiary/aromatic N) is 5. The van der Waals surface area contributed by atoms with Gasteiger partial charge in [0.15, 0.2) is 5.82 Å². The molecule has 158 valence electrons. The maximum absolute atomic E-state index is 4.81. The van der Waals surface area contributed by atoms with Crippen LogP contribution < -0.4 is 0 Å². The monoisotopic (exact) mass is 429 g/mol. The van der Waals surface area contributed by atoms with Crippen molar-refractivity contribution in [2.75, 3.05) is 13.1 Å². The van der Waals surface area contributed by atoms with Gasteiger partial charge in [-0.3, -0.25) is 4.90 Å². The van der Waals surface area contributed by atoms with Gasteiger partial charge >= 0.3 is 0 Å². The number of hydrogen-bond acceptors (Lipinski definition) is 6. The maximum Gasteiger partial charge on any atom is 0.162 e. The second kappa shape index (κ2) is 9.28. The van der Waals surface area contributed by atoms with Crippen molar-refractivity contribution in [1.82, 2.24) is 24.8 Å². The molecule has 0 fully saturated rings. The van der Waals surface area contributed by atoms with Gasteiger partial charge in [-0.2, -0.15) is 0 Å². The van der Waals surface area contributed by atoms with Gasteiger partial charge in [-0.25, -0.2) is 19.9 Å². The van der Waals surface area contributed by atoms with E-state index in [1.165, 1.54) is 48.0 Å². The minimum Gasteiger partial charge on any atom is -0.295 e. The van der Waals surface area contributed by atoms with Crippen molar-refractivity contribution >= 4 is 11.8 Å². The molecule has 0 atom stereocenters. The molecule has 0 radical (unpaired) electrons. The summed E-state index contributed by atoms with van der Waals surface area (Å²) in [5.74, 6) is 0.722. The van der Waals surface area contributed by atoms with Crippen molar-refractivity contribution in [3.8, 4) is 11.4 Å². The largest absolute Gasteiger partial charge is 0.295 e. The molecule has 2 aromatic heterocycles. The van der Waals surface area contributed by atoms with E-state index in [9.17, 15) is 0 Å². The van der Waals surface area contributed by atoms with Crippen LogP contribution in [0.1, 0.15) is 42.5 Å². The summed E-state index contributed by atoms with van der Waals surface area (Å²) in [7, 11) is 0. The number of hydrogen-bond donors (Lipinski definition) is 0. The van der Waals surface area contributed by atoms with Gasteiger partial charge in [-0.1, -0.05) is 29.5 Å². The molecule has 0 amide bonds. The van der Waals surface area contributed by atoms with Crippen molar-refractivity contribution in [2.24, 2.45) is 0 Å². The highest BCUT2D eigenvalue weighted by Gasteiger charge is 2.22. The van der Waals surface area contributed by atoms with E-state index in [4.69, 9.17) is 4.98 Å². The molecule has 0 spiro atoms. The Bertz CT molecular complexity index is 1080. The molecule has 1 aromatic carbocycles. The van der Waals surface area contributed by atoms with Crippen molar-refractivity contribution in [3.05, 3.63) is 76.5 Å². The molecule has 0 unspecified atom stereocenters. The SMILES string of the molecule is Cc1ccc(SC2=C(CN3CCc4nc(-c5cncnc5)ncc4C3)CCCC2)cc1. The lowest BCUT2D eigenvalue weighted by Crippen LogP contribution is -2.33. The van der Waals surface area contributed by atoms with E-state index in [0.29, 0.717) is 0 Å². The van der Waals surface area contributed by atoms with E-state index in [0.717, 1.165) is 43.1 Å². The summed E-state index contributed by atoms with van der Waals surface area (Å²) >= 11 is 1.97. The zero-order valence-corrected chi connectivity index (χ0v) is 18.7. The Morgan fingerprint density at radius 3 is 2.61 bits per heavy atom. The number of thioether (sulfide) groups is 1. The molecule has 6 heteroatoms. The molecule has 3 heterocycles. The zero-order chi connectivity index (χ0) is 21.0. The summed E-state index contributed by atoms with van der Waals surface area (Å²) in [6.07, 6.45) is 13.1. The van der Waals surface area contributed by atoms with Crippen molar-refractivity contribution < 1.29 is 0 Å². The normalized spacial score (nSPS) is 16.9. The highest BCUT2D eigenvalue weighted by Crippen LogP contribution is 2.38. The third-order valence-corrected chi connectivity index (χ3v) is 7.28. The lowest BCUT2D eigenvalue weighted by molar-refractivity contribution is 0.268. The predicted molar refractivity (Wildman–Crippen MR) is 125 cm³/mol. The van der Waals surface area contributed by atoms with E-state index < -0.39 is 0 Å². The zero-order valence-electron chi connectivity index (χ0n) is 17.9. The number of fused-ring (bicyclic) bond motifs is 1. The lowest BCUT2D eigenvalue weighted by Gasteiger charge is -2.31. The second-order valence-corrected chi connectivity index (χ2v) is 9.57. The van der Waals surface area contributed by atoms with Crippen LogP contribution in [0.5, 0.6) is 0 Å². The molecular formula is C25H27N5S. The number of rotatable bonds is 5. The maximum atomic E-state index is 4.81. The average Bonchev–Trinajstić information content (AvgIpc) is 2.82. The lowest BCUT2D eigenvalue weighted by atomic mass is 9.97. The minimum atomic E-state index is 0.722. The summed E-state index contributed by atoms with van der Waals surface area (Å²) in [5.41, 5.74) is 6.23. The van der Waals surface area contributed by atoms with Crippen molar-refractivity contribution in [2.45, 2.75) is 50.5 Å². The summed E-state index contributed by atoms with van der Waals surface area (Å²) < 4.78 is 0. The Labute approximate surface area is 188 Å². The van der Waals surface area contributed by atoms with Gasteiger partial charge in [0.2, 0.25) is 0 Å². The van der Waals surface area contributed by atoms with Crippen LogP contribution in [0.3, 0.4) is 0 Å². The molecule has 31 heavy (non-hydrogen) atoms. The second-order valence-electron chi connectivity index (χ2n) is 8.40. The fraction of sp³-hybridized carbons (Fsp3) is 0.360. The topological polar surface area (TPSA) is 54.8 Å². The van der Waals surface area contributed by atoms with Gasteiger partial charge in [0.25, 0.3) is 0 Å². The molecule has 3 aromatic rings. The number of allylic oxidation sites excluding steroid dienone is 1. The summed E-state index contributed by atoms with van der Waals surface area (Å²) in [5, 5.41) is 0. The van der Waals surface area contributed by atoms with Crippen LogP contribution in [-0.4, -0.2) is 37.9 Å². The van der Waals surface area contributed by atoms with E-state index >= 15 is 0 Å². The molecule has 0 N–H and O–H groups in total. The highest BCUT2D eigenvalue weighted by atomic mass is 32.2. The molecule has 5 nitrogen and oxygen atoms in total. The Balaban J connectivity index is 1.30.